The number of rotatable bonds is 5. The highest BCUT2D eigenvalue weighted by Crippen LogP contribution is 2.17. The van der Waals surface area contributed by atoms with Gasteiger partial charge in [0.1, 0.15) is 12.4 Å². The number of benzene rings is 2. The van der Waals surface area contributed by atoms with Crippen molar-refractivity contribution in [1.29, 1.82) is 0 Å². The van der Waals surface area contributed by atoms with Crippen LogP contribution >= 0.6 is 11.3 Å². The molecule has 2 aromatic carbocycles. The van der Waals surface area contributed by atoms with Gasteiger partial charge >= 0.3 is 0 Å². The zero-order chi connectivity index (χ0) is 18.8. The van der Waals surface area contributed by atoms with Crippen LogP contribution in [0.2, 0.25) is 0 Å². The van der Waals surface area contributed by atoms with E-state index in [9.17, 15) is 4.79 Å². The van der Waals surface area contributed by atoms with Crippen LogP contribution in [0.25, 0.3) is 22.4 Å². The summed E-state index contributed by atoms with van der Waals surface area (Å²) in [5, 5.41) is 4.38. The molecule has 0 bridgehead atoms. The number of hydrogen-bond acceptors (Lipinski definition) is 5. The van der Waals surface area contributed by atoms with E-state index in [4.69, 9.17) is 4.74 Å². The van der Waals surface area contributed by atoms with Gasteiger partial charge in [-0.1, -0.05) is 66.0 Å². The number of aryl methyl sites for hydroxylation is 1. The van der Waals surface area contributed by atoms with E-state index in [2.05, 4.69) is 16.7 Å². The summed E-state index contributed by atoms with van der Waals surface area (Å²) in [4.78, 5) is 17.7. The van der Waals surface area contributed by atoms with Gasteiger partial charge in [0.2, 0.25) is 4.96 Å². The average molecular weight is 375 g/mol. The van der Waals surface area contributed by atoms with E-state index in [1.807, 2.05) is 61.5 Å². The predicted molar refractivity (Wildman–Crippen MR) is 108 cm³/mol. The fourth-order valence-electron chi connectivity index (χ4n) is 2.63. The van der Waals surface area contributed by atoms with E-state index >= 15 is 0 Å². The maximum atomic E-state index is 12.6. The van der Waals surface area contributed by atoms with Crippen molar-refractivity contribution < 1.29 is 4.74 Å². The monoisotopic (exact) mass is 375 g/mol. The first-order valence-corrected chi connectivity index (χ1v) is 9.28. The highest BCUT2D eigenvalue weighted by atomic mass is 32.1. The van der Waals surface area contributed by atoms with Gasteiger partial charge in [0.25, 0.3) is 5.56 Å². The Morgan fingerprint density at radius 3 is 2.56 bits per heavy atom. The second kappa shape index (κ2) is 7.17. The Morgan fingerprint density at radius 2 is 1.89 bits per heavy atom. The molecular formula is C21H17N3O2S. The number of nitrogens with zero attached hydrogens (tertiary/aromatic N) is 3. The van der Waals surface area contributed by atoms with Crippen molar-refractivity contribution in [2.45, 2.75) is 6.92 Å². The molecule has 0 aliphatic carbocycles. The Labute approximate surface area is 159 Å². The number of aromatic nitrogens is 3. The Hall–Kier alpha value is -3.25. The average Bonchev–Trinajstić information content (AvgIpc) is 3.22. The smallest absolute Gasteiger partial charge is 0.291 e. The summed E-state index contributed by atoms with van der Waals surface area (Å²) in [6, 6.07) is 15.5. The molecule has 0 spiro atoms. The van der Waals surface area contributed by atoms with Crippen molar-refractivity contribution in [3.05, 3.63) is 87.2 Å². The quantitative estimate of drug-likeness (QED) is 0.503. The summed E-state index contributed by atoms with van der Waals surface area (Å²) >= 11 is 1.33. The number of hydrogen-bond donors (Lipinski definition) is 0. The normalized spacial score (nSPS) is 11.8. The van der Waals surface area contributed by atoms with E-state index in [1.54, 1.807) is 6.08 Å². The Bertz CT molecular complexity index is 1210. The molecule has 0 amide bonds. The van der Waals surface area contributed by atoms with Crippen molar-refractivity contribution in [2.75, 3.05) is 6.61 Å². The van der Waals surface area contributed by atoms with Crippen LogP contribution in [0.15, 0.2) is 66.0 Å². The number of fused-ring (bicyclic) bond motifs is 1. The molecular weight excluding hydrogens is 358 g/mol. The first kappa shape index (κ1) is 17.2. The third-order valence-electron chi connectivity index (χ3n) is 4.04. The van der Waals surface area contributed by atoms with E-state index in [0.29, 0.717) is 21.9 Å². The van der Waals surface area contributed by atoms with Crippen LogP contribution in [0.1, 0.15) is 11.1 Å². The van der Waals surface area contributed by atoms with E-state index in [1.165, 1.54) is 21.4 Å². The molecule has 0 aliphatic rings. The Kier molecular flexibility index (Phi) is 4.56. The summed E-state index contributed by atoms with van der Waals surface area (Å²) in [7, 11) is 0. The third kappa shape index (κ3) is 3.52. The molecule has 0 aliphatic heterocycles. The molecule has 0 N–H and O–H groups in total. The molecule has 0 saturated heterocycles. The Balaban J connectivity index is 1.67. The molecule has 0 atom stereocenters. The van der Waals surface area contributed by atoms with Crippen molar-refractivity contribution >= 4 is 22.4 Å². The highest BCUT2D eigenvalue weighted by molar-refractivity contribution is 7.15. The van der Waals surface area contributed by atoms with E-state index in [0.717, 1.165) is 16.9 Å². The van der Waals surface area contributed by atoms with Gasteiger partial charge in [0.15, 0.2) is 5.82 Å². The summed E-state index contributed by atoms with van der Waals surface area (Å²) in [6.45, 7) is 6.11. The molecule has 0 saturated carbocycles. The molecule has 6 heteroatoms. The molecule has 4 rings (SSSR count). The maximum absolute atomic E-state index is 12.6. The van der Waals surface area contributed by atoms with E-state index in [-0.39, 0.29) is 5.56 Å². The van der Waals surface area contributed by atoms with Crippen molar-refractivity contribution in [3.63, 3.8) is 0 Å². The fraction of sp³-hybridized carbons (Fsp3) is 0.0952. The fourth-order valence-corrected chi connectivity index (χ4v) is 3.53. The van der Waals surface area contributed by atoms with E-state index < -0.39 is 0 Å². The topological polar surface area (TPSA) is 56.5 Å². The predicted octanol–water partition coefficient (Wildman–Crippen LogP) is 3.24. The third-order valence-corrected chi connectivity index (χ3v) is 5.00. The molecule has 0 radical (unpaired) electrons. The summed E-state index contributed by atoms with van der Waals surface area (Å²) in [6.07, 6.45) is 3.54. The van der Waals surface area contributed by atoms with Gasteiger partial charge in [-0.2, -0.15) is 9.50 Å². The van der Waals surface area contributed by atoms with Crippen LogP contribution in [-0.4, -0.2) is 21.2 Å². The SMILES string of the molecule is C=CCOc1ccc(/C=c2/sc3nc(-c4ccc(C)cc4)nn3c2=O)cc1. The lowest BCUT2D eigenvalue weighted by Gasteiger charge is -2.02. The van der Waals surface area contributed by atoms with Crippen LogP contribution in [0, 0.1) is 6.92 Å². The van der Waals surface area contributed by atoms with Crippen LogP contribution in [0.5, 0.6) is 5.75 Å². The minimum absolute atomic E-state index is 0.159. The number of thiazole rings is 1. The molecule has 5 nitrogen and oxygen atoms in total. The van der Waals surface area contributed by atoms with Gasteiger partial charge in [-0.05, 0) is 30.7 Å². The van der Waals surface area contributed by atoms with Crippen molar-refractivity contribution in [3.8, 4) is 17.1 Å². The van der Waals surface area contributed by atoms with Gasteiger partial charge in [-0.25, -0.2) is 0 Å². The zero-order valence-electron chi connectivity index (χ0n) is 14.8. The molecule has 0 fully saturated rings. The second-order valence-corrected chi connectivity index (χ2v) is 7.09. The lowest BCUT2D eigenvalue weighted by Crippen LogP contribution is -2.23. The molecule has 0 unspecified atom stereocenters. The molecule has 2 heterocycles. The van der Waals surface area contributed by atoms with Gasteiger partial charge in [-0.15, -0.1) is 5.10 Å². The highest BCUT2D eigenvalue weighted by Gasteiger charge is 2.11. The summed E-state index contributed by atoms with van der Waals surface area (Å²) in [5.74, 6) is 1.33. The molecule has 2 aromatic heterocycles. The lowest BCUT2D eigenvalue weighted by molar-refractivity contribution is 0.363. The molecule has 27 heavy (non-hydrogen) atoms. The van der Waals surface area contributed by atoms with Gasteiger partial charge < -0.3 is 4.74 Å². The maximum Gasteiger partial charge on any atom is 0.291 e. The minimum atomic E-state index is -0.159. The van der Waals surface area contributed by atoms with Crippen LogP contribution in [-0.2, 0) is 0 Å². The van der Waals surface area contributed by atoms with Crippen molar-refractivity contribution in [1.82, 2.24) is 14.6 Å². The second-order valence-electron chi connectivity index (χ2n) is 6.08. The van der Waals surface area contributed by atoms with Gasteiger partial charge in [0, 0.05) is 5.56 Å². The summed E-state index contributed by atoms with van der Waals surface area (Å²) < 4.78 is 7.43. The van der Waals surface area contributed by atoms with Crippen LogP contribution < -0.4 is 14.8 Å². The van der Waals surface area contributed by atoms with Gasteiger partial charge in [0.05, 0.1) is 4.53 Å². The summed E-state index contributed by atoms with van der Waals surface area (Å²) in [5.41, 5.74) is 2.83. The largest absolute Gasteiger partial charge is 0.490 e. The first-order chi connectivity index (χ1) is 13.1. The lowest BCUT2D eigenvalue weighted by atomic mass is 10.1. The van der Waals surface area contributed by atoms with Crippen LogP contribution in [0.4, 0.5) is 0 Å². The Morgan fingerprint density at radius 1 is 1.15 bits per heavy atom. The minimum Gasteiger partial charge on any atom is -0.490 e. The number of ether oxygens (including phenoxy) is 1. The first-order valence-electron chi connectivity index (χ1n) is 8.46. The standard InChI is InChI=1S/C21H17N3O2S/c1-3-12-26-17-10-6-15(7-11-17)13-18-20(25)24-21(27-18)22-19(23-24)16-8-4-14(2)5-9-16/h3-11,13H,1,12H2,2H3/b18-13+. The van der Waals surface area contributed by atoms with Gasteiger partial charge in [-0.3, -0.25) is 4.79 Å². The molecule has 134 valence electrons. The van der Waals surface area contributed by atoms with Crippen LogP contribution in [0.3, 0.4) is 0 Å². The zero-order valence-corrected chi connectivity index (χ0v) is 15.6. The molecule has 4 aromatic rings. The van der Waals surface area contributed by atoms with Crippen molar-refractivity contribution in [2.24, 2.45) is 0 Å².